The van der Waals surface area contributed by atoms with Crippen molar-refractivity contribution in [1.82, 2.24) is 9.97 Å². The molecule has 0 amide bonds. The molecule has 0 aliphatic heterocycles. The Morgan fingerprint density at radius 2 is 2.00 bits per heavy atom. The van der Waals surface area contributed by atoms with Crippen LogP contribution in [0.25, 0.3) is 0 Å². The molecular formula is C5H5ClN2OS. The Bertz CT molecular complexity index is 248. The van der Waals surface area contributed by atoms with Gasteiger partial charge in [-0.05, 0) is 0 Å². The van der Waals surface area contributed by atoms with Crippen LogP contribution in [-0.2, 0) is 10.8 Å². The van der Waals surface area contributed by atoms with Crippen molar-refractivity contribution in [3.05, 3.63) is 17.4 Å². The summed E-state index contributed by atoms with van der Waals surface area (Å²) in [6, 6.07) is 0. The van der Waals surface area contributed by atoms with Crippen molar-refractivity contribution in [3.63, 3.8) is 0 Å². The first-order valence-corrected chi connectivity index (χ1v) is 4.45. The van der Waals surface area contributed by atoms with Crippen LogP contribution in [0, 0.1) is 0 Å². The molecule has 1 atom stereocenters. The van der Waals surface area contributed by atoms with Gasteiger partial charge in [-0.2, -0.15) is 0 Å². The summed E-state index contributed by atoms with van der Waals surface area (Å²) in [4.78, 5) is 7.47. The molecule has 1 aromatic heterocycles. The van der Waals surface area contributed by atoms with E-state index < -0.39 is 10.8 Å². The second-order valence-electron chi connectivity index (χ2n) is 1.64. The molecule has 0 fully saturated rings. The molecule has 0 bridgehead atoms. The van der Waals surface area contributed by atoms with E-state index in [0.29, 0.717) is 10.2 Å². The Kier molecular flexibility index (Phi) is 2.34. The van der Waals surface area contributed by atoms with Crippen molar-refractivity contribution in [2.24, 2.45) is 0 Å². The molecule has 1 aromatic rings. The van der Waals surface area contributed by atoms with E-state index in [4.69, 9.17) is 11.6 Å². The molecule has 0 aromatic carbocycles. The van der Waals surface area contributed by atoms with Gasteiger partial charge in [0.15, 0.2) is 0 Å². The second-order valence-corrected chi connectivity index (χ2v) is 3.35. The summed E-state index contributed by atoms with van der Waals surface area (Å²) in [5.74, 6) is 0. The van der Waals surface area contributed by atoms with Gasteiger partial charge in [-0.25, -0.2) is 9.97 Å². The van der Waals surface area contributed by atoms with Gasteiger partial charge in [0, 0.05) is 6.26 Å². The molecule has 0 saturated carbocycles. The lowest BCUT2D eigenvalue weighted by atomic mass is 10.7. The maximum absolute atomic E-state index is 10.7. The molecule has 0 spiro atoms. The van der Waals surface area contributed by atoms with E-state index in [0.717, 1.165) is 0 Å². The third-order valence-corrected chi connectivity index (χ3v) is 1.77. The molecule has 0 aliphatic rings. The molecule has 1 unspecified atom stereocenters. The predicted octanol–water partition coefficient (Wildman–Crippen LogP) is 0.867. The van der Waals surface area contributed by atoms with Gasteiger partial charge in [-0.1, -0.05) is 11.6 Å². The third kappa shape index (κ3) is 1.75. The average Bonchev–Trinajstić information content (AvgIpc) is 1.88. The maximum atomic E-state index is 10.7. The standard InChI is InChI=1S/C5H5ClN2OS/c1-10(9)5-7-2-4(6)3-8-5/h2-3H,1H3. The van der Waals surface area contributed by atoms with Crippen molar-refractivity contribution in [2.45, 2.75) is 5.16 Å². The maximum Gasteiger partial charge on any atom is 0.218 e. The van der Waals surface area contributed by atoms with Crippen LogP contribution in [0.3, 0.4) is 0 Å². The van der Waals surface area contributed by atoms with Crippen LogP contribution in [-0.4, -0.2) is 20.4 Å². The number of rotatable bonds is 1. The number of hydrogen-bond acceptors (Lipinski definition) is 3. The Labute approximate surface area is 65.9 Å². The fourth-order valence-corrected chi connectivity index (χ4v) is 0.949. The molecule has 10 heavy (non-hydrogen) atoms. The minimum atomic E-state index is -1.12. The van der Waals surface area contributed by atoms with Gasteiger partial charge in [0.1, 0.15) is 0 Å². The lowest BCUT2D eigenvalue weighted by Crippen LogP contribution is -1.94. The van der Waals surface area contributed by atoms with Crippen molar-refractivity contribution < 1.29 is 4.21 Å². The zero-order valence-electron chi connectivity index (χ0n) is 5.24. The van der Waals surface area contributed by atoms with Crippen LogP contribution in [0.5, 0.6) is 0 Å². The highest BCUT2D eigenvalue weighted by Crippen LogP contribution is 2.03. The van der Waals surface area contributed by atoms with Crippen LogP contribution in [0.15, 0.2) is 17.6 Å². The van der Waals surface area contributed by atoms with Crippen LogP contribution >= 0.6 is 11.6 Å². The number of aromatic nitrogens is 2. The lowest BCUT2D eigenvalue weighted by molar-refractivity contribution is 0.679. The van der Waals surface area contributed by atoms with E-state index in [1.165, 1.54) is 18.6 Å². The second kappa shape index (κ2) is 3.07. The first-order valence-electron chi connectivity index (χ1n) is 2.51. The quantitative estimate of drug-likeness (QED) is 0.597. The molecule has 0 N–H and O–H groups in total. The fraction of sp³-hybridized carbons (Fsp3) is 0.200. The summed E-state index contributed by atoms with van der Waals surface area (Å²) in [5, 5.41) is 0.763. The van der Waals surface area contributed by atoms with Gasteiger partial charge in [0.25, 0.3) is 0 Å². The van der Waals surface area contributed by atoms with Crippen LogP contribution < -0.4 is 0 Å². The van der Waals surface area contributed by atoms with Crippen molar-refractivity contribution in [2.75, 3.05) is 6.26 Å². The monoisotopic (exact) mass is 176 g/mol. The van der Waals surface area contributed by atoms with E-state index in [-0.39, 0.29) is 0 Å². The van der Waals surface area contributed by atoms with Gasteiger partial charge < -0.3 is 0 Å². The van der Waals surface area contributed by atoms with Crippen LogP contribution in [0.2, 0.25) is 5.02 Å². The van der Waals surface area contributed by atoms with Gasteiger partial charge >= 0.3 is 0 Å². The Morgan fingerprint density at radius 1 is 1.50 bits per heavy atom. The molecular weight excluding hydrogens is 172 g/mol. The summed E-state index contributed by atoms with van der Waals surface area (Å²) >= 11 is 5.49. The van der Waals surface area contributed by atoms with E-state index in [1.54, 1.807) is 0 Å². The highest BCUT2D eigenvalue weighted by molar-refractivity contribution is 7.84. The van der Waals surface area contributed by atoms with Crippen molar-refractivity contribution >= 4 is 22.4 Å². The first kappa shape index (κ1) is 7.63. The lowest BCUT2D eigenvalue weighted by Gasteiger charge is -1.91. The zero-order valence-corrected chi connectivity index (χ0v) is 6.82. The molecule has 0 saturated heterocycles. The summed E-state index contributed by atoms with van der Waals surface area (Å²) < 4.78 is 10.7. The smallest absolute Gasteiger partial charge is 0.218 e. The summed E-state index contributed by atoms with van der Waals surface area (Å²) in [7, 11) is -1.12. The Balaban J connectivity index is 3.00. The minimum Gasteiger partial charge on any atom is -0.251 e. The van der Waals surface area contributed by atoms with E-state index in [1.807, 2.05) is 0 Å². The molecule has 3 nitrogen and oxygen atoms in total. The fourth-order valence-electron chi connectivity index (χ4n) is 0.449. The normalized spacial score (nSPS) is 13.0. The van der Waals surface area contributed by atoms with E-state index in [9.17, 15) is 4.21 Å². The Morgan fingerprint density at radius 3 is 2.40 bits per heavy atom. The first-order chi connectivity index (χ1) is 4.70. The molecule has 1 heterocycles. The van der Waals surface area contributed by atoms with Crippen LogP contribution in [0.1, 0.15) is 0 Å². The molecule has 0 aliphatic carbocycles. The molecule has 1 rings (SSSR count). The minimum absolute atomic E-state index is 0.310. The van der Waals surface area contributed by atoms with Crippen LogP contribution in [0.4, 0.5) is 0 Å². The van der Waals surface area contributed by atoms with Gasteiger partial charge in [0.2, 0.25) is 5.16 Å². The topological polar surface area (TPSA) is 42.9 Å². The highest BCUT2D eigenvalue weighted by atomic mass is 35.5. The molecule has 54 valence electrons. The highest BCUT2D eigenvalue weighted by Gasteiger charge is 1.98. The summed E-state index contributed by atoms with van der Waals surface area (Å²) in [5.41, 5.74) is 0. The predicted molar refractivity (Wildman–Crippen MR) is 39.4 cm³/mol. The summed E-state index contributed by atoms with van der Waals surface area (Å²) in [6.07, 6.45) is 4.36. The number of hydrogen-bond donors (Lipinski definition) is 0. The number of halogens is 1. The van der Waals surface area contributed by atoms with Crippen molar-refractivity contribution in [3.8, 4) is 0 Å². The largest absolute Gasteiger partial charge is 0.251 e. The van der Waals surface area contributed by atoms with Crippen molar-refractivity contribution in [1.29, 1.82) is 0 Å². The zero-order chi connectivity index (χ0) is 7.56. The molecule has 5 heteroatoms. The summed E-state index contributed by atoms with van der Waals surface area (Å²) in [6.45, 7) is 0. The van der Waals surface area contributed by atoms with Gasteiger partial charge in [0.05, 0.1) is 28.2 Å². The Hall–Kier alpha value is -0.480. The number of nitrogens with zero attached hydrogens (tertiary/aromatic N) is 2. The molecule has 0 radical (unpaired) electrons. The van der Waals surface area contributed by atoms with Gasteiger partial charge in [-0.15, -0.1) is 0 Å². The average molecular weight is 177 g/mol. The third-order valence-electron chi connectivity index (χ3n) is 0.854. The SMILES string of the molecule is CS(=O)c1ncc(Cl)cn1. The van der Waals surface area contributed by atoms with E-state index >= 15 is 0 Å². The van der Waals surface area contributed by atoms with E-state index in [2.05, 4.69) is 9.97 Å². The van der Waals surface area contributed by atoms with Gasteiger partial charge in [-0.3, -0.25) is 4.21 Å².